The quantitative estimate of drug-likeness (QED) is 0.800. The van der Waals surface area contributed by atoms with Crippen molar-refractivity contribution in [3.8, 4) is 0 Å². The highest BCUT2D eigenvalue weighted by Crippen LogP contribution is 2.31. The van der Waals surface area contributed by atoms with Gasteiger partial charge in [0.2, 0.25) is 0 Å². The number of benzene rings is 2. The number of carbonyl (C=O) groups excluding carboxylic acids is 1. The van der Waals surface area contributed by atoms with Crippen LogP contribution in [0.1, 0.15) is 17.2 Å². The molecule has 3 aliphatic heterocycles. The molecule has 2 fully saturated rings. The normalized spacial score (nSPS) is 22.9. The van der Waals surface area contributed by atoms with Crippen LogP contribution in [-0.2, 0) is 16.0 Å². The second-order valence-corrected chi connectivity index (χ2v) is 8.10. The first-order valence-electron chi connectivity index (χ1n) is 10.4. The van der Waals surface area contributed by atoms with Gasteiger partial charge in [-0.3, -0.25) is 9.69 Å². The predicted octanol–water partition coefficient (Wildman–Crippen LogP) is 2.47. The number of hydrogen-bond donors (Lipinski definition) is 0. The third kappa shape index (κ3) is 3.63. The van der Waals surface area contributed by atoms with Gasteiger partial charge in [-0.05, 0) is 41.8 Å². The fourth-order valence-electron chi connectivity index (χ4n) is 4.63. The lowest BCUT2D eigenvalue weighted by Crippen LogP contribution is -2.65. The predicted molar refractivity (Wildman–Crippen MR) is 109 cm³/mol. The van der Waals surface area contributed by atoms with E-state index in [4.69, 9.17) is 4.74 Å². The van der Waals surface area contributed by atoms with E-state index in [1.807, 2.05) is 35.2 Å². The minimum Gasteiger partial charge on any atom is -0.369 e. The molecule has 0 bridgehead atoms. The average molecular weight is 395 g/mol. The Morgan fingerprint density at radius 1 is 0.966 bits per heavy atom. The maximum Gasteiger partial charge on any atom is 0.256 e. The molecule has 0 saturated carbocycles. The Labute approximate surface area is 170 Å². The summed E-state index contributed by atoms with van der Waals surface area (Å²) in [4.78, 5) is 19.7. The Hall–Kier alpha value is -2.44. The molecule has 152 valence electrons. The molecule has 5 rings (SSSR count). The zero-order valence-electron chi connectivity index (χ0n) is 16.5. The molecule has 1 unspecified atom stereocenters. The number of amides is 1. The Bertz CT molecular complexity index is 874. The Morgan fingerprint density at radius 3 is 2.45 bits per heavy atom. The van der Waals surface area contributed by atoms with Crippen molar-refractivity contribution in [2.24, 2.45) is 0 Å². The number of nitrogens with zero attached hydrogens (tertiary/aromatic N) is 3. The van der Waals surface area contributed by atoms with Crippen LogP contribution in [0.2, 0.25) is 0 Å². The van der Waals surface area contributed by atoms with Crippen LogP contribution >= 0.6 is 0 Å². The molecule has 3 aliphatic rings. The number of carbonyl (C=O) groups is 1. The molecule has 0 radical (unpaired) electrons. The van der Waals surface area contributed by atoms with E-state index < -0.39 is 6.10 Å². The lowest BCUT2D eigenvalue weighted by molar-refractivity contribution is -0.152. The fraction of sp³-hybridized carbons (Fsp3) is 0.435. The van der Waals surface area contributed by atoms with E-state index in [9.17, 15) is 9.18 Å². The molecule has 0 spiro atoms. The first-order chi connectivity index (χ1) is 14.2. The smallest absolute Gasteiger partial charge is 0.256 e. The van der Waals surface area contributed by atoms with E-state index in [-0.39, 0.29) is 11.7 Å². The molecule has 0 N–H and O–H groups in total. The summed E-state index contributed by atoms with van der Waals surface area (Å²) in [6, 6.07) is 15.3. The van der Waals surface area contributed by atoms with Crippen LogP contribution in [-0.4, -0.2) is 67.6 Å². The Balaban J connectivity index is 1.14. The lowest BCUT2D eigenvalue weighted by Gasteiger charge is -2.49. The maximum absolute atomic E-state index is 13.1. The minimum absolute atomic E-state index is 0.0957. The summed E-state index contributed by atoms with van der Waals surface area (Å²) in [5.41, 5.74) is 3.33. The van der Waals surface area contributed by atoms with E-state index in [0.29, 0.717) is 12.6 Å². The van der Waals surface area contributed by atoms with Crippen LogP contribution in [0.25, 0.3) is 0 Å². The van der Waals surface area contributed by atoms with Crippen LogP contribution < -0.4 is 4.90 Å². The molecule has 29 heavy (non-hydrogen) atoms. The molecule has 6 heteroatoms. The first kappa shape index (κ1) is 18.6. The van der Waals surface area contributed by atoms with Crippen molar-refractivity contribution in [1.82, 2.24) is 9.80 Å². The van der Waals surface area contributed by atoms with Crippen LogP contribution in [0.3, 0.4) is 0 Å². The molecule has 3 heterocycles. The van der Waals surface area contributed by atoms with Crippen molar-refractivity contribution >= 4 is 11.6 Å². The van der Waals surface area contributed by atoms with Crippen LogP contribution in [0.4, 0.5) is 10.1 Å². The minimum atomic E-state index is -0.448. The van der Waals surface area contributed by atoms with Gasteiger partial charge in [0.1, 0.15) is 5.82 Å². The number of likely N-dealkylation sites (tertiary alicyclic amines) is 1. The summed E-state index contributed by atoms with van der Waals surface area (Å²) in [5.74, 6) is -0.102. The molecule has 1 atom stereocenters. The van der Waals surface area contributed by atoms with Crippen LogP contribution in [0.15, 0.2) is 48.5 Å². The van der Waals surface area contributed by atoms with Gasteiger partial charge in [-0.2, -0.15) is 0 Å². The molecular formula is C23H26FN3O2. The molecule has 0 aromatic heterocycles. The van der Waals surface area contributed by atoms with Gasteiger partial charge in [0, 0.05) is 51.0 Å². The summed E-state index contributed by atoms with van der Waals surface area (Å²) in [7, 11) is 0. The third-order valence-electron chi connectivity index (χ3n) is 6.41. The van der Waals surface area contributed by atoms with Crippen molar-refractivity contribution in [2.75, 3.05) is 50.8 Å². The van der Waals surface area contributed by atoms with Crippen molar-refractivity contribution < 1.29 is 13.9 Å². The summed E-state index contributed by atoms with van der Waals surface area (Å²) < 4.78 is 19.0. The van der Waals surface area contributed by atoms with E-state index in [1.54, 1.807) is 0 Å². The van der Waals surface area contributed by atoms with Gasteiger partial charge in [0.15, 0.2) is 6.10 Å². The topological polar surface area (TPSA) is 36.0 Å². The number of rotatable bonds is 3. The Morgan fingerprint density at radius 2 is 1.69 bits per heavy atom. The van der Waals surface area contributed by atoms with Gasteiger partial charge >= 0.3 is 0 Å². The standard InChI is InChI=1S/C23H26FN3O2/c24-18-5-7-19(8-6-18)25-10-12-26(13-11-25)20-15-27(16-20)23(28)22-21-4-2-1-3-17(21)9-14-29-22/h1-8,20,22H,9-16H2. The fourth-order valence-corrected chi connectivity index (χ4v) is 4.63. The molecule has 1 amide bonds. The van der Waals surface area contributed by atoms with Crippen molar-refractivity contribution in [2.45, 2.75) is 18.6 Å². The van der Waals surface area contributed by atoms with Gasteiger partial charge in [0.05, 0.1) is 6.61 Å². The maximum atomic E-state index is 13.1. The highest BCUT2D eigenvalue weighted by Gasteiger charge is 2.40. The number of hydrogen-bond acceptors (Lipinski definition) is 4. The first-order valence-corrected chi connectivity index (χ1v) is 10.4. The number of halogens is 1. The molecule has 0 aliphatic carbocycles. The summed E-state index contributed by atoms with van der Waals surface area (Å²) in [5, 5.41) is 0. The highest BCUT2D eigenvalue weighted by molar-refractivity contribution is 5.83. The van der Waals surface area contributed by atoms with Gasteiger partial charge < -0.3 is 14.5 Å². The van der Waals surface area contributed by atoms with E-state index in [0.717, 1.165) is 56.9 Å². The SMILES string of the molecule is O=C(C1OCCc2ccccc21)N1CC(N2CCN(c3ccc(F)cc3)CC2)C1. The van der Waals surface area contributed by atoms with Crippen molar-refractivity contribution in [1.29, 1.82) is 0 Å². The van der Waals surface area contributed by atoms with Gasteiger partial charge in [-0.15, -0.1) is 0 Å². The third-order valence-corrected chi connectivity index (χ3v) is 6.41. The summed E-state index contributed by atoms with van der Waals surface area (Å²) >= 11 is 0. The average Bonchev–Trinajstić information content (AvgIpc) is 2.73. The van der Waals surface area contributed by atoms with Crippen LogP contribution in [0.5, 0.6) is 0 Å². The van der Waals surface area contributed by atoms with Gasteiger partial charge in [-0.25, -0.2) is 4.39 Å². The molecule has 2 aromatic rings. The van der Waals surface area contributed by atoms with Crippen molar-refractivity contribution in [3.63, 3.8) is 0 Å². The number of piperazine rings is 1. The van der Waals surface area contributed by atoms with E-state index in [2.05, 4.69) is 15.9 Å². The highest BCUT2D eigenvalue weighted by atomic mass is 19.1. The number of ether oxygens (including phenoxy) is 1. The van der Waals surface area contributed by atoms with E-state index >= 15 is 0 Å². The molecule has 5 nitrogen and oxygen atoms in total. The zero-order valence-corrected chi connectivity index (χ0v) is 16.5. The molecule has 2 aromatic carbocycles. The second-order valence-electron chi connectivity index (χ2n) is 8.10. The molecular weight excluding hydrogens is 369 g/mol. The second kappa shape index (κ2) is 7.76. The van der Waals surface area contributed by atoms with Crippen molar-refractivity contribution in [3.05, 3.63) is 65.5 Å². The van der Waals surface area contributed by atoms with Crippen LogP contribution in [0, 0.1) is 5.82 Å². The van der Waals surface area contributed by atoms with Gasteiger partial charge in [-0.1, -0.05) is 24.3 Å². The summed E-state index contributed by atoms with van der Waals surface area (Å²) in [6.07, 6.45) is 0.428. The number of fused-ring (bicyclic) bond motifs is 1. The lowest BCUT2D eigenvalue weighted by atomic mass is 9.95. The van der Waals surface area contributed by atoms with Gasteiger partial charge in [0.25, 0.3) is 5.91 Å². The Kier molecular flexibility index (Phi) is 4.97. The zero-order chi connectivity index (χ0) is 19.8. The monoisotopic (exact) mass is 395 g/mol. The van der Waals surface area contributed by atoms with E-state index in [1.165, 1.54) is 17.7 Å². The molecule has 2 saturated heterocycles. The largest absolute Gasteiger partial charge is 0.369 e. The number of anilines is 1. The summed E-state index contributed by atoms with van der Waals surface area (Å²) in [6.45, 7) is 5.94.